The molecule has 0 spiro atoms. The van der Waals surface area contributed by atoms with E-state index in [4.69, 9.17) is 0 Å². The molecule has 0 unspecified atom stereocenters. The first-order valence-corrected chi connectivity index (χ1v) is 6.84. The van der Waals surface area contributed by atoms with Crippen LogP contribution in [0.3, 0.4) is 0 Å². The van der Waals surface area contributed by atoms with Gasteiger partial charge in [0.05, 0.1) is 18.4 Å². The molecule has 0 amide bonds. The molecule has 4 nitrogen and oxygen atoms in total. The van der Waals surface area contributed by atoms with Crippen molar-refractivity contribution in [1.82, 2.24) is 10.2 Å². The molecule has 0 aliphatic carbocycles. The van der Waals surface area contributed by atoms with Crippen molar-refractivity contribution in [3.63, 3.8) is 0 Å². The van der Waals surface area contributed by atoms with Crippen LogP contribution in [0.1, 0.15) is 4.88 Å². The summed E-state index contributed by atoms with van der Waals surface area (Å²) in [5.41, 5.74) is 0.444. The van der Waals surface area contributed by atoms with Crippen LogP contribution in [0.4, 0.5) is 5.69 Å². The summed E-state index contributed by atoms with van der Waals surface area (Å²) in [6.07, 6.45) is 1.58. The third kappa shape index (κ3) is 2.53. The molecule has 7 heteroatoms. The SMILES string of the molecule is O=c1[nH]ncc(NCc2sccc2Br)c1Br. The molecule has 0 radical (unpaired) electrons. The first kappa shape index (κ1) is 11.8. The number of aromatic nitrogens is 2. The van der Waals surface area contributed by atoms with E-state index in [0.29, 0.717) is 16.7 Å². The number of anilines is 1. The summed E-state index contributed by atoms with van der Waals surface area (Å²) >= 11 is 8.30. The molecule has 2 aromatic heterocycles. The smallest absolute Gasteiger partial charge is 0.280 e. The summed E-state index contributed by atoms with van der Waals surface area (Å²) in [4.78, 5) is 12.4. The predicted octanol–water partition coefficient (Wildman–Crippen LogP) is 2.97. The minimum atomic E-state index is -0.241. The molecule has 0 saturated heterocycles. The first-order chi connectivity index (χ1) is 7.68. The van der Waals surface area contributed by atoms with Crippen molar-refractivity contribution in [2.75, 3.05) is 5.32 Å². The molecule has 84 valence electrons. The second kappa shape index (κ2) is 5.11. The van der Waals surface area contributed by atoms with E-state index >= 15 is 0 Å². The number of thiophene rings is 1. The van der Waals surface area contributed by atoms with Crippen LogP contribution in [0.2, 0.25) is 0 Å². The summed E-state index contributed by atoms with van der Waals surface area (Å²) in [6.45, 7) is 0.655. The van der Waals surface area contributed by atoms with Crippen molar-refractivity contribution in [3.05, 3.63) is 41.8 Å². The van der Waals surface area contributed by atoms with Crippen molar-refractivity contribution in [2.24, 2.45) is 0 Å². The summed E-state index contributed by atoms with van der Waals surface area (Å²) in [7, 11) is 0. The summed E-state index contributed by atoms with van der Waals surface area (Å²) in [5, 5.41) is 11.2. The zero-order valence-electron chi connectivity index (χ0n) is 7.96. The lowest BCUT2D eigenvalue weighted by Gasteiger charge is -2.05. The van der Waals surface area contributed by atoms with Crippen LogP contribution in [0.5, 0.6) is 0 Å². The van der Waals surface area contributed by atoms with Gasteiger partial charge in [0.1, 0.15) is 4.47 Å². The fourth-order valence-electron chi connectivity index (χ4n) is 1.13. The normalized spacial score (nSPS) is 10.4. The van der Waals surface area contributed by atoms with Gasteiger partial charge in [-0.1, -0.05) is 0 Å². The van der Waals surface area contributed by atoms with Gasteiger partial charge < -0.3 is 5.32 Å². The fraction of sp³-hybridized carbons (Fsp3) is 0.111. The third-order valence-corrected chi connectivity index (χ3v) is 4.64. The molecule has 0 fully saturated rings. The van der Waals surface area contributed by atoms with Crippen LogP contribution in [-0.2, 0) is 6.54 Å². The third-order valence-electron chi connectivity index (χ3n) is 1.93. The minimum absolute atomic E-state index is 0.241. The number of hydrogen-bond acceptors (Lipinski definition) is 4. The molecule has 0 saturated carbocycles. The Labute approximate surface area is 112 Å². The molecule has 16 heavy (non-hydrogen) atoms. The van der Waals surface area contributed by atoms with E-state index in [0.717, 1.165) is 4.47 Å². The number of nitrogens with one attached hydrogen (secondary N) is 2. The van der Waals surface area contributed by atoms with Crippen LogP contribution in [0, 0.1) is 0 Å². The second-order valence-corrected chi connectivity index (χ2v) is 5.62. The predicted molar refractivity (Wildman–Crippen MR) is 71.9 cm³/mol. The molecule has 2 rings (SSSR count). The van der Waals surface area contributed by atoms with Crippen LogP contribution < -0.4 is 10.9 Å². The van der Waals surface area contributed by atoms with E-state index < -0.39 is 0 Å². The van der Waals surface area contributed by atoms with E-state index in [-0.39, 0.29) is 5.56 Å². The molecule has 2 heterocycles. The summed E-state index contributed by atoms with van der Waals surface area (Å²) in [5.74, 6) is 0. The molecule has 0 bridgehead atoms. The van der Waals surface area contributed by atoms with Crippen LogP contribution in [-0.4, -0.2) is 10.2 Å². The molecule has 0 aliphatic rings. The monoisotopic (exact) mass is 363 g/mol. The number of rotatable bonds is 3. The van der Waals surface area contributed by atoms with Crippen LogP contribution in [0.25, 0.3) is 0 Å². The molecular formula is C9H7Br2N3OS. The standard InChI is InChI=1S/C9H7Br2N3OS/c10-5-1-2-16-7(5)4-12-6-3-13-14-9(15)8(6)11/h1-3H,4H2,(H2,12,14,15). The topological polar surface area (TPSA) is 57.8 Å². The van der Waals surface area contributed by atoms with E-state index in [2.05, 4.69) is 47.4 Å². The van der Waals surface area contributed by atoms with Gasteiger partial charge in [-0.15, -0.1) is 11.3 Å². The maximum Gasteiger partial charge on any atom is 0.280 e. The van der Waals surface area contributed by atoms with Crippen LogP contribution in [0.15, 0.2) is 31.4 Å². The Kier molecular flexibility index (Phi) is 3.78. The van der Waals surface area contributed by atoms with E-state index in [1.54, 1.807) is 17.5 Å². The number of hydrogen-bond donors (Lipinski definition) is 2. The molecule has 0 aromatic carbocycles. The van der Waals surface area contributed by atoms with E-state index in [1.165, 1.54) is 4.88 Å². The van der Waals surface area contributed by atoms with Gasteiger partial charge in [-0.3, -0.25) is 4.79 Å². The summed E-state index contributed by atoms with van der Waals surface area (Å²) < 4.78 is 1.54. The Morgan fingerprint density at radius 3 is 3.00 bits per heavy atom. The molecular weight excluding hydrogens is 358 g/mol. The highest BCUT2D eigenvalue weighted by Crippen LogP contribution is 2.24. The lowest BCUT2D eigenvalue weighted by Crippen LogP contribution is -2.11. The second-order valence-electron chi connectivity index (χ2n) is 2.97. The number of nitrogens with zero attached hydrogens (tertiary/aromatic N) is 1. The highest BCUT2D eigenvalue weighted by Gasteiger charge is 2.05. The molecule has 0 atom stereocenters. The van der Waals surface area contributed by atoms with Crippen molar-refractivity contribution in [1.29, 1.82) is 0 Å². The van der Waals surface area contributed by atoms with Crippen molar-refractivity contribution in [3.8, 4) is 0 Å². The zero-order valence-corrected chi connectivity index (χ0v) is 11.9. The highest BCUT2D eigenvalue weighted by atomic mass is 79.9. The van der Waals surface area contributed by atoms with Gasteiger partial charge in [0.25, 0.3) is 5.56 Å². The van der Waals surface area contributed by atoms with E-state index in [9.17, 15) is 4.79 Å². The molecule has 2 aromatic rings. The average Bonchev–Trinajstić information content (AvgIpc) is 2.67. The Hall–Kier alpha value is -0.660. The van der Waals surface area contributed by atoms with Gasteiger partial charge in [0, 0.05) is 9.35 Å². The van der Waals surface area contributed by atoms with Crippen molar-refractivity contribution in [2.45, 2.75) is 6.54 Å². The maximum atomic E-state index is 11.3. The molecule has 2 N–H and O–H groups in total. The molecule has 0 aliphatic heterocycles. The van der Waals surface area contributed by atoms with Gasteiger partial charge in [0.2, 0.25) is 0 Å². The van der Waals surface area contributed by atoms with Gasteiger partial charge in [-0.2, -0.15) is 5.10 Å². The fourth-order valence-corrected chi connectivity index (χ4v) is 2.90. The highest BCUT2D eigenvalue weighted by molar-refractivity contribution is 9.11. The zero-order chi connectivity index (χ0) is 11.5. The largest absolute Gasteiger partial charge is 0.378 e. The minimum Gasteiger partial charge on any atom is -0.378 e. The number of H-pyrrole nitrogens is 1. The van der Waals surface area contributed by atoms with Gasteiger partial charge in [-0.25, -0.2) is 5.10 Å². The van der Waals surface area contributed by atoms with Crippen molar-refractivity contribution >= 4 is 48.9 Å². The van der Waals surface area contributed by atoms with Gasteiger partial charge in [-0.05, 0) is 43.3 Å². The quantitative estimate of drug-likeness (QED) is 0.880. The average molecular weight is 365 g/mol. The van der Waals surface area contributed by atoms with E-state index in [1.807, 2.05) is 11.4 Å². The van der Waals surface area contributed by atoms with Crippen LogP contribution >= 0.6 is 43.2 Å². The first-order valence-electron chi connectivity index (χ1n) is 4.37. The Balaban J connectivity index is 2.14. The number of halogens is 2. The van der Waals surface area contributed by atoms with Gasteiger partial charge >= 0.3 is 0 Å². The Morgan fingerprint density at radius 2 is 2.31 bits per heavy atom. The lowest BCUT2D eigenvalue weighted by molar-refractivity contribution is 0.972. The summed E-state index contributed by atoms with van der Waals surface area (Å²) in [6, 6.07) is 1.99. The van der Waals surface area contributed by atoms with Crippen molar-refractivity contribution < 1.29 is 0 Å². The Morgan fingerprint density at radius 1 is 1.50 bits per heavy atom. The van der Waals surface area contributed by atoms with Gasteiger partial charge in [0.15, 0.2) is 0 Å². The number of aromatic amines is 1. The Bertz CT molecular complexity index is 552. The maximum absolute atomic E-state index is 11.3. The lowest BCUT2D eigenvalue weighted by atomic mass is 10.4.